The molecule has 1 saturated heterocycles. The van der Waals surface area contributed by atoms with Crippen molar-refractivity contribution in [3.8, 4) is 17.5 Å². The molecule has 2 heterocycles. The summed E-state index contributed by atoms with van der Waals surface area (Å²) in [6.45, 7) is 4.04. The molecule has 1 saturated carbocycles. The van der Waals surface area contributed by atoms with E-state index in [0.29, 0.717) is 44.9 Å². The first kappa shape index (κ1) is 22.3. The number of hydrogen-bond acceptors (Lipinski definition) is 6. The number of rotatable bonds is 4. The van der Waals surface area contributed by atoms with Gasteiger partial charge in [0.25, 0.3) is 0 Å². The molecular weight excluding hydrogens is 423 g/mol. The third-order valence-electron chi connectivity index (χ3n) is 6.48. The second kappa shape index (κ2) is 8.54. The van der Waals surface area contributed by atoms with Crippen LogP contribution in [0.2, 0.25) is 0 Å². The zero-order valence-electron chi connectivity index (χ0n) is 17.7. The van der Waals surface area contributed by atoms with Crippen molar-refractivity contribution in [3.63, 3.8) is 0 Å². The van der Waals surface area contributed by atoms with Crippen LogP contribution in [0.25, 0.3) is 11.4 Å². The van der Waals surface area contributed by atoms with Gasteiger partial charge in [-0.15, -0.1) is 0 Å². The van der Waals surface area contributed by atoms with Crippen LogP contribution in [0.4, 0.5) is 13.2 Å². The van der Waals surface area contributed by atoms with Gasteiger partial charge in [0.2, 0.25) is 17.6 Å². The summed E-state index contributed by atoms with van der Waals surface area (Å²) in [5, 5.41) is 13.4. The fourth-order valence-corrected chi connectivity index (χ4v) is 4.48. The lowest BCUT2D eigenvalue weighted by atomic mass is 9.86. The van der Waals surface area contributed by atoms with Gasteiger partial charge < -0.3 is 9.42 Å². The summed E-state index contributed by atoms with van der Waals surface area (Å²) in [5.41, 5.74) is -1.41. The third kappa shape index (κ3) is 4.21. The lowest BCUT2D eigenvalue weighted by Gasteiger charge is -2.39. The van der Waals surface area contributed by atoms with Crippen LogP contribution < -0.4 is 0 Å². The number of nitriles is 1. The summed E-state index contributed by atoms with van der Waals surface area (Å²) in [5.74, 6) is 0.333. The number of benzene rings is 1. The molecule has 1 aliphatic carbocycles. The SMILES string of the molecule is CC(c1nc(-c2cccc(C(F)(F)F)c2)no1)N1CCN(C(=O)C2(C#N)CCCC2)CC1. The molecule has 0 bridgehead atoms. The van der Waals surface area contributed by atoms with Crippen molar-refractivity contribution in [1.82, 2.24) is 19.9 Å². The summed E-state index contributed by atoms with van der Waals surface area (Å²) < 4.78 is 44.3. The predicted molar refractivity (Wildman–Crippen MR) is 108 cm³/mol. The average molecular weight is 447 g/mol. The third-order valence-corrected chi connectivity index (χ3v) is 6.48. The summed E-state index contributed by atoms with van der Waals surface area (Å²) >= 11 is 0. The van der Waals surface area contributed by atoms with Crippen LogP contribution >= 0.6 is 0 Å². The zero-order chi connectivity index (χ0) is 22.9. The Morgan fingerprint density at radius 2 is 1.91 bits per heavy atom. The van der Waals surface area contributed by atoms with Crippen LogP contribution in [0.15, 0.2) is 28.8 Å². The molecule has 0 radical (unpaired) electrons. The number of hydrogen-bond donors (Lipinski definition) is 0. The minimum Gasteiger partial charge on any atom is -0.339 e. The molecule has 1 aromatic carbocycles. The quantitative estimate of drug-likeness (QED) is 0.703. The number of piperazine rings is 1. The van der Waals surface area contributed by atoms with Gasteiger partial charge in [-0.2, -0.15) is 23.4 Å². The standard InChI is InChI=1S/C22H24F3N5O2/c1-15(19-27-18(28-32-19)16-5-4-6-17(13-16)22(23,24)25)29-9-11-30(12-10-29)20(31)21(14-26)7-2-3-8-21/h4-6,13,15H,2-3,7-12H2,1H3. The van der Waals surface area contributed by atoms with Crippen molar-refractivity contribution in [2.24, 2.45) is 5.41 Å². The van der Waals surface area contributed by atoms with Gasteiger partial charge in [-0.1, -0.05) is 30.1 Å². The van der Waals surface area contributed by atoms with Gasteiger partial charge in [-0.3, -0.25) is 9.69 Å². The summed E-state index contributed by atoms with van der Waals surface area (Å²) in [6.07, 6.45) is -1.39. The molecule has 1 aromatic heterocycles. The molecule has 1 unspecified atom stereocenters. The van der Waals surface area contributed by atoms with Crippen molar-refractivity contribution in [1.29, 1.82) is 5.26 Å². The molecule has 0 spiro atoms. The normalized spacial score (nSPS) is 20.2. The Hall–Kier alpha value is -2.93. The molecule has 0 N–H and O–H groups in total. The Morgan fingerprint density at radius 1 is 1.22 bits per heavy atom. The first-order valence-corrected chi connectivity index (χ1v) is 10.7. The van der Waals surface area contributed by atoms with Gasteiger partial charge in [0.05, 0.1) is 17.7 Å². The molecule has 1 amide bonds. The minimum atomic E-state index is -4.45. The van der Waals surface area contributed by atoms with E-state index in [-0.39, 0.29) is 23.3 Å². The maximum Gasteiger partial charge on any atom is 0.416 e. The summed E-state index contributed by atoms with van der Waals surface area (Å²) in [4.78, 5) is 21.1. The zero-order valence-corrected chi connectivity index (χ0v) is 17.7. The van der Waals surface area contributed by atoms with Crippen molar-refractivity contribution < 1.29 is 22.5 Å². The molecular formula is C22H24F3N5O2. The molecule has 170 valence electrons. The van der Waals surface area contributed by atoms with Crippen LogP contribution in [0.3, 0.4) is 0 Å². The van der Waals surface area contributed by atoms with Crippen molar-refractivity contribution >= 4 is 5.91 Å². The number of amides is 1. The summed E-state index contributed by atoms with van der Waals surface area (Å²) in [6, 6.07) is 6.82. The lowest BCUT2D eigenvalue weighted by molar-refractivity contribution is -0.141. The van der Waals surface area contributed by atoms with E-state index in [0.717, 1.165) is 25.0 Å². The fraction of sp³-hybridized carbons (Fsp3) is 0.545. The topological polar surface area (TPSA) is 86.3 Å². The van der Waals surface area contributed by atoms with E-state index in [1.165, 1.54) is 12.1 Å². The number of nitrogens with zero attached hydrogens (tertiary/aromatic N) is 5. The van der Waals surface area contributed by atoms with Gasteiger partial charge in [0, 0.05) is 31.7 Å². The number of halogens is 3. The number of aromatic nitrogens is 2. The minimum absolute atomic E-state index is 0.0746. The van der Waals surface area contributed by atoms with Crippen LogP contribution in [-0.4, -0.2) is 52.0 Å². The predicted octanol–water partition coefficient (Wildman–Crippen LogP) is 4.04. The molecule has 10 heteroatoms. The van der Waals surface area contributed by atoms with E-state index in [1.54, 1.807) is 4.90 Å². The van der Waals surface area contributed by atoms with Crippen molar-refractivity contribution in [2.45, 2.75) is 44.8 Å². The molecule has 1 atom stereocenters. The van der Waals surface area contributed by atoms with Crippen molar-refractivity contribution in [3.05, 3.63) is 35.7 Å². The van der Waals surface area contributed by atoms with Gasteiger partial charge in [-0.05, 0) is 31.9 Å². The maximum atomic E-state index is 13.0. The van der Waals surface area contributed by atoms with E-state index in [1.807, 2.05) is 6.92 Å². The monoisotopic (exact) mass is 447 g/mol. The Kier molecular flexibility index (Phi) is 5.95. The smallest absolute Gasteiger partial charge is 0.339 e. The van der Waals surface area contributed by atoms with Crippen LogP contribution in [0.5, 0.6) is 0 Å². The highest BCUT2D eigenvalue weighted by molar-refractivity contribution is 5.86. The molecule has 2 fully saturated rings. The van der Waals surface area contributed by atoms with E-state index >= 15 is 0 Å². The number of alkyl halides is 3. The Balaban J connectivity index is 1.40. The number of carbonyl (C=O) groups is 1. The maximum absolute atomic E-state index is 13.0. The molecule has 32 heavy (non-hydrogen) atoms. The van der Waals surface area contributed by atoms with E-state index < -0.39 is 17.2 Å². The molecule has 1 aliphatic heterocycles. The first-order chi connectivity index (χ1) is 15.2. The van der Waals surface area contributed by atoms with Crippen LogP contribution in [-0.2, 0) is 11.0 Å². The second-order valence-corrected chi connectivity index (χ2v) is 8.44. The van der Waals surface area contributed by atoms with E-state index in [9.17, 15) is 23.2 Å². The highest BCUT2D eigenvalue weighted by Crippen LogP contribution is 2.39. The largest absolute Gasteiger partial charge is 0.416 e. The fourth-order valence-electron chi connectivity index (χ4n) is 4.48. The Morgan fingerprint density at radius 3 is 2.53 bits per heavy atom. The molecule has 2 aliphatic rings. The average Bonchev–Trinajstić information content (AvgIpc) is 3.48. The second-order valence-electron chi connectivity index (χ2n) is 8.44. The van der Waals surface area contributed by atoms with E-state index in [2.05, 4.69) is 21.1 Å². The summed E-state index contributed by atoms with van der Waals surface area (Å²) in [7, 11) is 0. The van der Waals surface area contributed by atoms with Gasteiger partial charge in [-0.25, -0.2) is 0 Å². The van der Waals surface area contributed by atoms with E-state index in [4.69, 9.17) is 4.52 Å². The molecule has 7 nitrogen and oxygen atoms in total. The van der Waals surface area contributed by atoms with Crippen molar-refractivity contribution in [2.75, 3.05) is 26.2 Å². The highest BCUT2D eigenvalue weighted by atomic mass is 19.4. The number of carbonyl (C=O) groups excluding carboxylic acids is 1. The highest BCUT2D eigenvalue weighted by Gasteiger charge is 2.44. The lowest BCUT2D eigenvalue weighted by Crippen LogP contribution is -2.52. The Labute approximate surface area is 183 Å². The van der Waals surface area contributed by atoms with Crippen LogP contribution in [0.1, 0.15) is 50.1 Å². The Bertz CT molecular complexity index is 1020. The van der Waals surface area contributed by atoms with Gasteiger partial charge in [0.15, 0.2) is 0 Å². The molecule has 4 rings (SSSR count). The molecule has 2 aromatic rings. The van der Waals surface area contributed by atoms with Crippen LogP contribution in [0, 0.1) is 16.7 Å². The van der Waals surface area contributed by atoms with Gasteiger partial charge >= 0.3 is 6.18 Å². The van der Waals surface area contributed by atoms with Gasteiger partial charge in [0.1, 0.15) is 5.41 Å². The first-order valence-electron chi connectivity index (χ1n) is 10.7.